The van der Waals surface area contributed by atoms with Crippen LogP contribution in [0.2, 0.25) is 0 Å². The second-order valence-corrected chi connectivity index (χ2v) is 5.92. The molecule has 1 aromatic carbocycles. The normalized spacial score (nSPS) is 10.5. The van der Waals surface area contributed by atoms with Crippen LogP contribution >= 0.6 is 15.9 Å². The Labute approximate surface area is 134 Å². The number of benzene rings is 1. The molecule has 1 aromatic rings. The number of halogens is 1. The van der Waals surface area contributed by atoms with Gasteiger partial charge in [-0.15, -0.1) is 0 Å². The highest BCUT2D eigenvalue weighted by molar-refractivity contribution is 9.09. The van der Waals surface area contributed by atoms with Gasteiger partial charge in [0.2, 0.25) is 11.8 Å². The molecule has 0 bridgehead atoms. The minimum atomic E-state index is -0.611. The van der Waals surface area contributed by atoms with Crippen molar-refractivity contribution >= 4 is 27.7 Å². The average molecular weight is 355 g/mol. The molecular weight excluding hydrogens is 332 g/mol. The molecule has 0 aliphatic rings. The number of rotatable bonds is 10. The highest BCUT2D eigenvalue weighted by atomic mass is 79.9. The summed E-state index contributed by atoms with van der Waals surface area (Å²) in [5, 5.41) is 1.06. The van der Waals surface area contributed by atoms with Crippen molar-refractivity contribution in [1.82, 2.24) is 0 Å². The van der Waals surface area contributed by atoms with Crippen LogP contribution in [-0.4, -0.2) is 17.1 Å². The number of aryl methyl sites for hydroxylation is 1. The molecule has 0 saturated carbocycles. The first-order valence-electron chi connectivity index (χ1n) is 7.35. The summed E-state index contributed by atoms with van der Waals surface area (Å²) in [6, 6.07) is 5.14. The number of carbonyl (C=O) groups is 2. The summed E-state index contributed by atoms with van der Waals surface area (Å²) in [7, 11) is 0. The fraction of sp³-hybridized carbons (Fsp3) is 0.500. The molecule has 21 heavy (non-hydrogen) atoms. The fourth-order valence-electron chi connectivity index (χ4n) is 2.42. The molecule has 1 rings (SSSR count). The molecule has 0 atom stereocenters. The van der Waals surface area contributed by atoms with E-state index >= 15 is 0 Å². The largest absolute Gasteiger partial charge is 0.366 e. The lowest BCUT2D eigenvalue weighted by Crippen LogP contribution is -2.22. The van der Waals surface area contributed by atoms with Crippen molar-refractivity contribution in [1.29, 1.82) is 0 Å². The van der Waals surface area contributed by atoms with E-state index < -0.39 is 11.8 Å². The summed E-state index contributed by atoms with van der Waals surface area (Å²) in [5.41, 5.74) is 12.0. The molecule has 0 aliphatic heterocycles. The zero-order valence-electron chi connectivity index (χ0n) is 12.2. The molecular formula is C16H23BrN2O2. The Morgan fingerprint density at radius 1 is 0.905 bits per heavy atom. The van der Waals surface area contributed by atoms with Gasteiger partial charge >= 0.3 is 0 Å². The zero-order chi connectivity index (χ0) is 15.7. The predicted octanol–water partition coefficient (Wildman–Crippen LogP) is 3.16. The maximum atomic E-state index is 11.6. The SMILES string of the molecule is NC(=O)c1cccc(CCCCCCCCBr)c1C(N)=O. The Balaban J connectivity index is 2.57. The molecule has 0 fully saturated rings. The molecule has 116 valence electrons. The molecule has 0 spiro atoms. The molecule has 0 saturated heterocycles. The van der Waals surface area contributed by atoms with E-state index in [-0.39, 0.29) is 11.1 Å². The molecule has 2 amide bonds. The molecule has 4 nitrogen and oxygen atoms in total. The standard InChI is InChI=1S/C16H23BrN2O2/c17-11-6-4-2-1-3-5-8-12-9-7-10-13(15(18)20)14(12)16(19)21/h7,9-10H,1-6,8,11H2,(H2,18,20)(H2,19,21). The van der Waals surface area contributed by atoms with Gasteiger partial charge in [0.1, 0.15) is 0 Å². The number of hydrogen-bond acceptors (Lipinski definition) is 2. The molecule has 0 aliphatic carbocycles. The van der Waals surface area contributed by atoms with Crippen molar-refractivity contribution in [2.45, 2.75) is 44.9 Å². The van der Waals surface area contributed by atoms with E-state index in [2.05, 4.69) is 15.9 Å². The second-order valence-electron chi connectivity index (χ2n) is 5.13. The van der Waals surface area contributed by atoms with Gasteiger partial charge < -0.3 is 11.5 Å². The van der Waals surface area contributed by atoms with E-state index in [4.69, 9.17) is 11.5 Å². The van der Waals surface area contributed by atoms with Gasteiger partial charge in [0.15, 0.2) is 0 Å². The fourth-order valence-corrected chi connectivity index (χ4v) is 2.82. The van der Waals surface area contributed by atoms with E-state index in [1.165, 1.54) is 25.7 Å². The number of amides is 2. The smallest absolute Gasteiger partial charge is 0.249 e. The van der Waals surface area contributed by atoms with E-state index in [1.54, 1.807) is 12.1 Å². The summed E-state index contributed by atoms with van der Waals surface area (Å²) in [5.74, 6) is -1.20. The zero-order valence-corrected chi connectivity index (χ0v) is 13.8. The van der Waals surface area contributed by atoms with Gasteiger partial charge in [-0.3, -0.25) is 9.59 Å². The summed E-state index contributed by atoms with van der Waals surface area (Å²) in [4.78, 5) is 22.9. The van der Waals surface area contributed by atoms with Gasteiger partial charge in [-0.2, -0.15) is 0 Å². The van der Waals surface area contributed by atoms with Crippen LogP contribution in [0.3, 0.4) is 0 Å². The highest BCUT2D eigenvalue weighted by Gasteiger charge is 2.16. The number of hydrogen-bond donors (Lipinski definition) is 2. The lowest BCUT2D eigenvalue weighted by atomic mass is 9.95. The summed E-state index contributed by atoms with van der Waals surface area (Å²) in [6.45, 7) is 0. The van der Waals surface area contributed by atoms with E-state index in [9.17, 15) is 9.59 Å². The Bertz CT molecular complexity index is 489. The Kier molecular flexibility index (Phi) is 8.05. The number of primary amides is 2. The van der Waals surface area contributed by atoms with Crippen LogP contribution in [0.25, 0.3) is 0 Å². The monoisotopic (exact) mass is 354 g/mol. The van der Waals surface area contributed by atoms with Gasteiger partial charge in [-0.05, 0) is 30.9 Å². The van der Waals surface area contributed by atoms with Crippen LogP contribution in [0.1, 0.15) is 64.8 Å². The molecule has 0 unspecified atom stereocenters. The van der Waals surface area contributed by atoms with Gasteiger partial charge in [-0.25, -0.2) is 0 Å². The lowest BCUT2D eigenvalue weighted by Gasteiger charge is -2.10. The third-order valence-corrected chi connectivity index (χ3v) is 4.05. The van der Waals surface area contributed by atoms with E-state index in [0.717, 1.165) is 30.2 Å². The third-order valence-electron chi connectivity index (χ3n) is 3.49. The maximum Gasteiger partial charge on any atom is 0.249 e. The number of unbranched alkanes of at least 4 members (excludes halogenated alkanes) is 5. The van der Waals surface area contributed by atoms with Crippen molar-refractivity contribution in [2.75, 3.05) is 5.33 Å². The Morgan fingerprint density at radius 3 is 2.10 bits per heavy atom. The molecule has 5 heteroatoms. The molecule has 4 N–H and O–H groups in total. The van der Waals surface area contributed by atoms with Crippen LogP contribution < -0.4 is 11.5 Å². The molecule has 0 radical (unpaired) electrons. The minimum Gasteiger partial charge on any atom is -0.366 e. The van der Waals surface area contributed by atoms with Crippen LogP contribution in [0.4, 0.5) is 0 Å². The molecule has 0 heterocycles. The third kappa shape index (κ3) is 5.87. The van der Waals surface area contributed by atoms with Crippen molar-refractivity contribution in [3.8, 4) is 0 Å². The number of carbonyl (C=O) groups excluding carboxylic acids is 2. The van der Waals surface area contributed by atoms with Crippen molar-refractivity contribution in [3.63, 3.8) is 0 Å². The van der Waals surface area contributed by atoms with Crippen LogP contribution in [0.5, 0.6) is 0 Å². The van der Waals surface area contributed by atoms with Crippen LogP contribution in [0.15, 0.2) is 18.2 Å². The van der Waals surface area contributed by atoms with Gasteiger partial charge in [-0.1, -0.05) is 53.7 Å². The number of alkyl halides is 1. The summed E-state index contributed by atoms with van der Waals surface area (Å²) >= 11 is 3.42. The van der Waals surface area contributed by atoms with Crippen molar-refractivity contribution in [3.05, 3.63) is 34.9 Å². The predicted molar refractivity (Wildman–Crippen MR) is 88.7 cm³/mol. The lowest BCUT2D eigenvalue weighted by molar-refractivity contribution is 0.0966. The summed E-state index contributed by atoms with van der Waals surface area (Å²) < 4.78 is 0. The Morgan fingerprint density at radius 2 is 1.52 bits per heavy atom. The Hall–Kier alpha value is -1.36. The maximum absolute atomic E-state index is 11.6. The average Bonchev–Trinajstić information content (AvgIpc) is 2.45. The topological polar surface area (TPSA) is 86.2 Å². The minimum absolute atomic E-state index is 0.220. The van der Waals surface area contributed by atoms with E-state index in [1.807, 2.05) is 6.07 Å². The van der Waals surface area contributed by atoms with Crippen molar-refractivity contribution < 1.29 is 9.59 Å². The van der Waals surface area contributed by atoms with Gasteiger partial charge in [0.25, 0.3) is 0 Å². The van der Waals surface area contributed by atoms with Crippen LogP contribution in [0, 0.1) is 0 Å². The molecule has 0 aromatic heterocycles. The first-order valence-corrected chi connectivity index (χ1v) is 8.47. The highest BCUT2D eigenvalue weighted by Crippen LogP contribution is 2.18. The quantitative estimate of drug-likeness (QED) is 0.499. The second kappa shape index (κ2) is 9.55. The first-order chi connectivity index (χ1) is 10.1. The van der Waals surface area contributed by atoms with Gasteiger partial charge in [0, 0.05) is 5.33 Å². The van der Waals surface area contributed by atoms with Crippen LogP contribution in [-0.2, 0) is 6.42 Å². The van der Waals surface area contributed by atoms with E-state index in [0.29, 0.717) is 0 Å². The first kappa shape index (κ1) is 17.7. The number of nitrogens with two attached hydrogens (primary N) is 2. The summed E-state index contributed by atoms with van der Waals surface area (Å²) in [6.07, 6.45) is 7.72. The van der Waals surface area contributed by atoms with Gasteiger partial charge in [0.05, 0.1) is 11.1 Å². The van der Waals surface area contributed by atoms with Crippen molar-refractivity contribution in [2.24, 2.45) is 11.5 Å².